The van der Waals surface area contributed by atoms with Crippen molar-refractivity contribution in [3.8, 4) is 0 Å². The number of carbonyl (C=O) groups is 2. The third kappa shape index (κ3) is 5.90. The number of amides is 1. The normalized spacial score (nSPS) is 40.2. The molecule has 3 N–H and O–H groups in total. The van der Waals surface area contributed by atoms with Crippen LogP contribution in [0.1, 0.15) is 144 Å². The van der Waals surface area contributed by atoms with Gasteiger partial charge in [-0.1, -0.05) is 96.9 Å². The number of nitrogens with one attached hydrogen (secondary N) is 1. The fraction of sp³-hybridized carbons (Fsp3) is 0.767. The molecule has 1 amide bonds. The number of carboxylic acids is 1. The fourth-order valence-corrected chi connectivity index (χ4v) is 12.9. The second-order valence-electron chi connectivity index (χ2n) is 19.3. The monoisotopic (exact) mass is 659 g/mol. The van der Waals surface area contributed by atoms with Crippen molar-refractivity contribution >= 4 is 11.9 Å². The van der Waals surface area contributed by atoms with Gasteiger partial charge in [0, 0.05) is 12.8 Å². The molecule has 0 aliphatic heterocycles. The molecule has 0 radical (unpaired) electrons. The quantitative estimate of drug-likeness (QED) is 0.182. The van der Waals surface area contributed by atoms with Gasteiger partial charge in [-0.15, -0.1) is 0 Å². The molecule has 5 aliphatic rings. The summed E-state index contributed by atoms with van der Waals surface area (Å²) >= 11 is 0. The van der Waals surface area contributed by atoms with E-state index in [9.17, 15) is 19.8 Å². The van der Waals surface area contributed by atoms with Crippen LogP contribution in [0.4, 0.5) is 0 Å². The van der Waals surface area contributed by atoms with Gasteiger partial charge in [0.05, 0.1) is 6.10 Å². The molecule has 1 aromatic carbocycles. The number of aliphatic hydroxyl groups is 1. The highest BCUT2D eigenvalue weighted by atomic mass is 16.4. The third-order valence-corrected chi connectivity index (χ3v) is 16.0. The molecule has 0 heterocycles. The van der Waals surface area contributed by atoms with Crippen molar-refractivity contribution in [2.24, 2.45) is 50.2 Å². The van der Waals surface area contributed by atoms with Crippen LogP contribution in [0.15, 0.2) is 42.0 Å². The first-order valence-electron chi connectivity index (χ1n) is 19.4. The number of allylic oxidation sites excluding steroid dienone is 2. The number of unbranched alkanes of at least 4 members (excludes halogenated alkanes) is 1. The van der Waals surface area contributed by atoms with Gasteiger partial charge in [-0.05, 0) is 133 Å². The van der Waals surface area contributed by atoms with Crippen molar-refractivity contribution in [3.63, 3.8) is 0 Å². The maximum Gasteiger partial charge on any atom is 0.326 e. The summed E-state index contributed by atoms with van der Waals surface area (Å²) in [7, 11) is 0. The number of aliphatic hydroxyl groups excluding tert-OH is 1. The zero-order valence-electron chi connectivity index (χ0n) is 31.2. The van der Waals surface area contributed by atoms with E-state index in [2.05, 4.69) is 59.9 Å². The Hall–Kier alpha value is -2.14. The number of carboxylic acid groups (broad SMARTS) is 1. The number of hydrogen-bond donors (Lipinski definition) is 3. The van der Waals surface area contributed by atoms with Crippen LogP contribution in [0.3, 0.4) is 0 Å². The van der Waals surface area contributed by atoms with Gasteiger partial charge in [0.15, 0.2) is 0 Å². The molecule has 5 heteroatoms. The van der Waals surface area contributed by atoms with E-state index < -0.39 is 12.0 Å². The van der Waals surface area contributed by atoms with E-state index in [0.717, 1.165) is 37.7 Å². The molecule has 4 saturated carbocycles. The summed E-state index contributed by atoms with van der Waals surface area (Å²) in [6, 6.07) is 8.64. The van der Waals surface area contributed by atoms with Crippen LogP contribution >= 0.6 is 0 Å². The minimum atomic E-state index is -0.979. The van der Waals surface area contributed by atoms with Crippen molar-refractivity contribution in [2.75, 3.05) is 0 Å². The number of hydrogen-bond acceptors (Lipinski definition) is 3. The predicted molar refractivity (Wildman–Crippen MR) is 193 cm³/mol. The van der Waals surface area contributed by atoms with E-state index in [-0.39, 0.29) is 33.7 Å². The minimum Gasteiger partial charge on any atom is -0.480 e. The molecule has 4 fully saturated rings. The average molecular weight is 660 g/mol. The van der Waals surface area contributed by atoms with Gasteiger partial charge in [0.1, 0.15) is 6.04 Å². The smallest absolute Gasteiger partial charge is 0.326 e. The molecule has 0 saturated heterocycles. The number of fused-ring (bicyclic) bond motifs is 7. The zero-order chi connectivity index (χ0) is 34.8. The van der Waals surface area contributed by atoms with Crippen LogP contribution in [0.2, 0.25) is 0 Å². The Labute approximate surface area is 291 Å². The summed E-state index contributed by atoms with van der Waals surface area (Å²) in [4.78, 5) is 24.9. The molecule has 5 nitrogen and oxygen atoms in total. The Bertz CT molecular complexity index is 1400. The molecular formula is C43H65NO4. The number of carbonyl (C=O) groups excluding carboxylic acids is 1. The van der Waals surface area contributed by atoms with E-state index in [1.54, 1.807) is 5.57 Å². The number of rotatable bonds is 9. The Morgan fingerprint density at radius 1 is 0.875 bits per heavy atom. The van der Waals surface area contributed by atoms with E-state index in [0.29, 0.717) is 41.4 Å². The topological polar surface area (TPSA) is 86.6 Å². The summed E-state index contributed by atoms with van der Waals surface area (Å²) in [5.74, 6) is 0.702. The van der Waals surface area contributed by atoms with Gasteiger partial charge < -0.3 is 15.5 Å². The lowest BCUT2D eigenvalue weighted by atomic mass is 9.33. The number of aliphatic carboxylic acids is 1. The van der Waals surface area contributed by atoms with Crippen LogP contribution in [-0.2, 0) is 16.0 Å². The van der Waals surface area contributed by atoms with Gasteiger partial charge in [0.2, 0.25) is 5.91 Å². The predicted octanol–water partition coefficient (Wildman–Crippen LogP) is 9.52. The van der Waals surface area contributed by atoms with E-state index >= 15 is 0 Å². The molecular weight excluding hydrogens is 594 g/mol. The first kappa shape index (κ1) is 35.7. The first-order chi connectivity index (χ1) is 22.5. The molecule has 0 aromatic heterocycles. The maximum absolute atomic E-state index is 13.0. The summed E-state index contributed by atoms with van der Waals surface area (Å²) in [5, 5.41) is 23.7. The Morgan fingerprint density at radius 3 is 2.29 bits per heavy atom. The molecule has 0 bridgehead atoms. The standard InChI is InChI=1S/C43H65NO4/c1-38(2)23-25-43(20-12-11-15-36(46)44-32(37(47)48)27-29-13-9-8-10-14-29)26-24-41(6)30(31(43)28-38)16-17-34-40(5)21-19-35(45)39(3,4)33(40)18-22-42(34,41)7/h8-10,13-14,16,31-35,45H,11-12,15,17-28H2,1-7H3,(H,44,46)(H,47,48)/t31-,32+,33-,34+,35-,40-,41+,42+,43+/m0/s1. The second-order valence-corrected chi connectivity index (χ2v) is 19.3. The van der Waals surface area contributed by atoms with Crippen molar-refractivity contribution in [1.82, 2.24) is 5.32 Å². The van der Waals surface area contributed by atoms with Gasteiger partial charge in [-0.2, -0.15) is 0 Å². The second kappa shape index (κ2) is 12.6. The van der Waals surface area contributed by atoms with Gasteiger partial charge in [0.25, 0.3) is 0 Å². The molecule has 5 aliphatic carbocycles. The first-order valence-corrected chi connectivity index (χ1v) is 19.4. The minimum absolute atomic E-state index is 0.0261. The number of benzene rings is 1. The Morgan fingerprint density at radius 2 is 1.58 bits per heavy atom. The van der Waals surface area contributed by atoms with Gasteiger partial charge in [-0.25, -0.2) is 4.79 Å². The maximum atomic E-state index is 13.0. The largest absolute Gasteiger partial charge is 0.480 e. The van der Waals surface area contributed by atoms with Crippen molar-refractivity contribution in [1.29, 1.82) is 0 Å². The molecule has 1 aromatic rings. The molecule has 6 rings (SSSR count). The SMILES string of the molecule is CC1(C)CC[C@]2(CCCCC(=O)N[C@H](Cc3ccccc3)C(=O)O)CC[C@]3(C)C(=CC[C@@H]4[C@@]5(C)CC[C@H](O)C(C)(C)[C@@H]5CC[C@]43C)[C@@H]2C1. The molecule has 266 valence electrons. The Balaban J connectivity index is 1.17. The lowest BCUT2D eigenvalue weighted by molar-refractivity contribution is -0.203. The van der Waals surface area contributed by atoms with Crippen LogP contribution in [0.25, 0.3) is 0 Å². The van der Waals surface area contributed by atoms with Crippen molar-refractivity contribution < 1.29 is 19.8 Å². The van der Waals surface area contributed by atoms with Crippen LogP contribution in [0.5, 0.6) is 0 Å². The fourth-order valence-electron chi connectivity index (χ4n) is 12.9. The van der Waals surface area contributed by atoms with E-state index in [1.165, 1.54) is 51.4 Å². The molecule has 9 atom stereocenters. The van der Waals surface area contributed by atoms with Crippen LogP contribution in [-0.4, -0.2) is 34.2 Å². The van der Waals surface area contributed by atoms with E-state index in [1.807, 2.05) is 30.3 Å². The molecule has 0 spiro atoms. The Kier molecular flexibility index (Phi) is 9.34. The van der Waals surface area contributed by atoms with Gasteiger partial charge in [-0.3, -0.25) is 4.79 Å². The van der Waals surface area contributed by atoms with Crippen molar-refractivity contribution in [3.05, 3.63) is 47.5 Å². The highest BCUT2D eigenvalue weighted by molar-refractivity contribution is 5.83. The summed E-state index contributed by atoms with van der Waals surface area (Å²) in [5.41, 5.74) is 4.05. The highest BCUT2D eigenvalue weighted by Gasteiger charge is 2.68. The van der Waals surface area contributed by atoms with E-state index in [4.69, 9.17) is 0 Å². The summed E-state index contributed by atoms with van der Waals surface area (Å²) < 4.78 is 0. The highest BCUT2D eigenvalue weighted by Crippen LogP contribution is 2.76. The van der Waals surface area contributed by atoms with Crippen molar-refractivity contribution in [2.45, 2.75) is 157 Å². The van der Waals surface area contributed by atoms with Gasteiger partial charge >= 0.3 is 5.97 Å². The average Bonchev–Trinajstić information content (AvgIpc) is 3.02. The molecule has 48 heavy (non-hydrogen) atoms. The third-order valence-electron chi connectivity index (χ3n) is 16.0. The van der Waals surface area contributed by atoms with Crippen LogP contribution < -0.4 is 5.32 Å². The van der Waals surface area contributed by atoms with Crippen LogP contribution in [0, 0.1) is 50.2 Å². The lowest BCUT2D eigenvalue weighted by Gasteiger charge is -2.71. The summed E-state index contributed by atoms with van der Waals surface area (Å²) in [6.45, 7) is 17.6. The lowest BCUT2D eigenvalue weighted by Crippen LogP contribution is -2.64. The molecule has 0 unspecified atom stereocenters. The zero-order valence-corrected chi connectivity index (χ0v) is 31.2. The summed E-state index contributed by atoms with van der Waals surface area (Å²) in [6.07, 6.45) is 18.3.